The maximum absolute atomic E-state index is 13.5. The Balaban J connectivity index is 0.00000259. The minimum absolute atomic E-state index is 0. The molecule has 1 aromatic carbocycles. The Morgan fingerprint density at radius 2 is 1.64 bits per heavy atom. The monoisotopic (exact) mass is 547 g/mol. The Hall–Kier alpha value is -1.67. The number of halogens is 1. The van der Waals surface area contributed by atoms with E-state index in [1.165, 1.54) is 12.8 Å². The standard InChI is InChI=1S/C26H30NO3S2.BrH/c28-26(25(22-9-4-17-31-22)23-10-5-18-32-23)30-24-19-20-11-14-27(24,15-12-20)13-6-16-29-21-7-2-1-3-8-21;/h1-5,7-10,17-18,20,24-25H,6,11-16,19H2;1H/q+1;/p-1/t20?,24-,27?;/m1./s1. The van der Waals surface area contributed by atoms with Crippen LogP contribution in [-0.2, 0) is 9.53 Å². The second-order valence-corrected chi connectivity index (χ2v) is 10.9. The predicted molar refractivity (Wildman–Crippen MR) is 129 cm³/mol. The first-order valence-corrected chi connectivity index (χ1v) is 13.3. The van der Waals surface area contributed by atoms with E-state index < -0.39 is 0 Å². The lowest BCUT2D eigenvalue weighted by molar-refractivity contribution is -0.984. The molecule has 2 aromatic heterocycles. The number of fused-ring (bicyclic) bond motifs is 3. The second-order valence-electron chi connectivity index (χ2n) is 8.94. The van der Waals surface area contributed by atoms with Crippen LogP contribution in [0.1, 0.15) is 41.4 Å². The van der Waals surface area contributed by atoms with Crippen molar-refractivity contribution in [2.75, 3.05) is 26.2 Å². The third kappa shape index (κ3) is 5.53. The Morgan fingerprint density at radius 1 is 0.970 bits per heavy atom. The van der Waals surface area contributed by atoms with Crippen LogP contribution in [0.5, 0.6) is 5.75 Å². The number of quaternary nitrogens is 1. The van der Waals surface area contributed by atoms with Crippen molar-refractivity contribution in [3.63, 3.8) is 0 Å². The summed E-state index contributed by atoms with van der Waals surface area (Å²) in [6.07, 6.45) is 4.41. The molecule has 7 heteroatoms. The Bertz CT molecular complexity index is 952. The van der Waals surface area contributed by atoms with Gasteiger partial charge in [0, 0.05) is 35.4 Å². The van der Waals surface area contributed by atoms with Crippen molar-refractivity contribution in [2.45, 2.75) is 37.8 Å². The van der Waals surface area contributed by atoms with Crippen LogP contribution in [0, 0.1) is 5.92 Å². The molecule has 3 aliphatic heterocycles. The summed E-state index contributed by atoms with van der Waals surface area (Å²) in [7, 11) is 0. The molecule has 33 heavy (non-hydrogen) atoms. The number of piperidine rings is 3. The number of thiophene rings is 2. The molecule has 0 aliphatic carbocycles. The first-order valence-electron chi connectivity index (χ1n) is 11.5. The number of carbonyl (C=O) groups excluding carboxylic acids is 1. The number of esters is 1. The van der Waals surface area contributed by atoms with E-state index in [4.69, 9.17) is 9.47 Å². The molecule has 3 saturated heterocycles. The first-order chi connectivity index (χ1) is 15.7. The van der Waals surface area contributed by atoms with Gasteiger partial charge < -0.3 is 26.5 Å². The molecule has 2 bridgehead atoms. The molecule has 4 nitrogen and oxygen atoms in total. The predicted octanol–water partition coefficient (Wildman–Crippen LogP) is 2.91. The van der Waals surface area contributed by atoms with Crippen molar-refractivity contribution >= 4 is 28.6 Å². The molecule has 1 atom stereocenters. The van der Waals surface area contributed by atoms with Gasteiger partial charge in [-0.05, 0) is 40.9 Å². The zero-order chi connectivity index (χ0) is 21.8. The largest absolute Gasteiger partial charge is 1.00 e. The van der Waals surface area contributed by atoms with Crippen molar-refractivity contribution in [1.29, 1.82) is 0 Å². The summed E-state index contributed by atoms with van der Waals surface area (Å²) in [5.74, 6) is 1.21. The number of para-hydroxylation sites is 1. The molecule has 0 unspecified atom stereocenters. The number of nitrogens with zero attached hydrogens (tertiary/aromatic N) is 1. The molecule has 0 N–H and O–H groups in total. The van der Waals surface area contributed by atoms with Crippen molar-refractivity contribution in [3.05, 3.63) is 75.1 Å². The van der Waals surface area contributed by atoms with Gasteiger partial charge in [-0.2, -0.15) is 0 Å². The fourth-order valence-corrected chi connectivity index (χ4v) is 7.00. The highest BCUT2D eigenvalue weighted by Gasteiger charge is 2.49. The van der Waals surface area contributed by atoms with Crippen LogP contribution in [-0.4, -0.2) is 42.9 Å². The number of ether oxygens (including phenoxy) is 2. The van der Waals surface area contributed by atoms with Crippen LogP contribution < -0.4 is 21.7 Å². The van der Waals surface area contributed by atoms with Crippen LogP contribution in [0.25, 0.3) is 0 Å². The van der Waals surface area contributed by atoms with Crippen LogP contribution in [0.4, 0.5) is 0 Å². The molecule has 3 aliphatic rings. The van der Waals surface area contributed by atoms with Gasteiger partial charge >= 0.3 is 5.97 Å². The van der Waals surface area contributed by atoms with Gasteiger partial charge in [0.15, 0.2) is 0 Å². The van der Waals surface area contributed by atoms with Gasteiger partial charge in [-0.3, -0.25) is 9.28 Å². The van der Waals surface area contributed by atoms with E-state index in [2.05, 4.69) is 12.1 Å². The summed E-state index contributed by atoms with van der Waals surface area (Å²) in [4.78, 5) is 15.6. The Kier molecular flexibility index (Phi) is 8.28. The molecule has 3 aromatic rings. The summed E-state index contributed by atoms with van der Waals surface area (Å²) in [6, 6.07) is 18.1. The molecular weight excluding hydrogens is 518 g/mol. The fourth-order valence-electron chi connectivity index (χ4n) is 5.27. The van der Waals surface area contributed by atoms with Crippen molar-refractivity contribution < 1.29 is 35.7 Å². The van der Waals surface area contributed by atoms with E-state index in [0.717, 1.165) is 52.5 Å². The molecule has 0 spiro atoms. The number of rotatable bonds is 9. The van der Waals surface area contributed by atoms with Gasteiger partial charge in [-0.15, -0.1) is 22.7 Å². The second kappa shape index (κ2) is 11.2. The minimum Gasteiger partial charge on any atom is -1.00 e. The minimum atomic E-state index is -0.307. The number of hydrogen-bond acceptors (Lipinski definition) is 5. The highest BCUT2D eigenvalue weighted by Crippen LogP contribution is 2.41. The summed E-state index contributed by atoms with van der Waals surface area (Å²) in [6.45, 7) is 3.91. The normalized spacial score (nSPS) is 23.8. The van der Waals surface area contributed by atoms with Gasteiger partial charge in [0.05, 0.1) is 26.2 Å². The lowest BCUT2D eigenvalue weighted by atomic mass is 9.84. The average molecular weight is 549 g/mol. The molecular formula is C26H30BrNO3S2. The Labute approximate surface area is 214 Å². The van der Waals surface area contributed by atoms with Gasteiger partial charge in [0.25, 0.3) is 0 Å². The third-order valence-corrected chi connectivity index (χ3v) is 8.89. The maximum atomic E-state index is 13.5. The number of carbonyl (C=O) groups is 1. The lowest BCUT2D eigenvalue weighted by Crippen LogP contribution is -3.00. The van der Waals surface area contributed by atoms with Crippen LogP contribution in [0.3, 0.4) is 0 Å². The fraction of sp³-hybridized carbons (Fsp3) is 0.423. The summed E-state index contributed by atoms with van der Waals surface area (Å²) < 4.78 is 13.2. The Morgan fingerprint density at radius 3 is 2.24 bits per heavy atom. The first kappa shape index (κ1) is 24.5. The van der Waals surface area contributed by atoms with Gasteiger partial charge in [-0.1, -0.05) is 30.3 Å². The number of hydrogen-bond donors (Lipinski definition) is 0. The van der Waals surface area contributed by atoms with E-state index in [1.54, 1.807) is 22.7 Å². The van der Waals surface area contributed by atoms with E-state index >= 15 is 0 Å². The molecule has 0 radical (unpaired) electrons. The maximum Gasteiger partial charge on any atom is 0.324 e. The van der Waals surface area contributed by atoms with E-state index in [0.29, 0.717) is 12.5 Å². The summed E-state index contributed by atoms with van der Waals surface area (Å²) in [5.41, 5.74) is 0. The van der Waals surface area contributed by atoms with Crippen molar-refractivity contribution in [2.24, 2.45) is 5.92 Å². The quantitative estimate of drug-likeness (QED) is 0.235. The summed E-state index contributed by atoms with van der Waals surface area (Å²) in [5, 5.41) is 4.08. The van der Waals surface area contributed by atoms with E-state index in [-0.39, 0.29) is 35.1 Å². The molecule has 6 rings (SSSR count). The van der Waals surface area contributed by atoms with Crippen LogP contribution in [0.15, 0.2) is 65.4 Å². The van der Waals surface area contributed by atoms with Crippen LogP contribution in [0.2, 0.25) is 0 Å². The molecule has 5 heterocycles. The average Bonchev–Trinajstić information content (AvgIpc) is 3.54. The highest BCUT2D eigenvalue weighted by molar-refractivity contribution is 7.11. The van der Waals surface area contributed by atoms with Crippen LogP contribution >= 0.6 is 22.7 Å². The van der Waals surface area contributed by atoms with E-state index in [1.807, 2.05) is 53.2 Å². The zero-order valence-electron chi connectivity index (χ0n) is 18.6. The molecule has 0 saturated carbocycles. The van der Waals surface area contributed by atoms with Gasteiger partial charge in [-0.25, -0.2) is 0 Å². The number of benzene rings is 1. The van der Waals surface area contributed by atoms with Gasteiger partial charge in [0.2, 0.25) is 6.23 Å². The lowest BCUT2D eigenvalue weighted by Gasteiger charge is -2.53. The van der Waals surface area contributed by atoms with Gasteiger partial charge in [0.1, 0.15) is 11.7 Å². The zero-order valence-corrected chi connectivity index (χ0v) is 21.8. The SMILES string of the molecule is O=C(O[C@@H]1CC2CC[N+]1(CCCOc1ccccc1)CC2)C(c1cccs1)c1cccs1.[Br-]. The van der Waals surface area contributed by atoms with Crippen molar-refractivity contribution in [1.82, 2.24) is 0 Å². The molecule has 3 fully saturated rings. The molecule has 176 valence electrons. The summed E-state index contributed by atoms with van der Waals surface area (Å²) >= 11 is 3.27. The topological polar surface area (TPSA) is 35.5 Å². The smallest absolute Gasteiger partial charge is 0.324 e. The molecule has 0 amide bonds. The van der Waals surface area contributed by atoms with E-state index in [9.17, 15) is 4.79 Å². The third-order valence-electron chi connectivity index (χ3n) is 7.01. The van der Waals surface area contributed by atoms with Crippen molar-refractivity contribution in [3.8, 4) is 5.75 Å². The highest BCUT2D eigenvalue weighted by atomic mass is 79.9.